The Morgan fingerprint density at radius 2 is 0.894 bits per heavy atom. The van der Waals surface area contributed by atoms with Crippen molar-refractivity contribution in [1.29, 1.82) is 0 Å². The van der Waals surface area contributed by atoms with Gasteiger partial charge in [0.1, 0.15) is 0 Å². The summed E-state index contributed by atoms with van der Waals surface area (Å²) in [6, 6.07) is 12.6. The number of carbonyl (C=O) groups is 2. The number of quaternary nitrogens is 1. The number of hydrogen-bond acceptors (Lipinski definition) is 2. The summed E-state index contributed by atoms with van der Waals surface area (Å²) in [6.07, 6.45) is 26.1. The van der Waals surface area contributed by atoms with Gasteiger partial charge in [-0.15, -0.1) is 0 Å². The Bertz CT molecular complexity index is 1250. The Balaban J connectivity index is 1.67. The fourth-order valence-electron chi connectivity index (χ4n) is 7.03. The molecule has 0 saturated heterocycles. The lowest BCUT2D eigenvalue weighted by atomic mass is 9.99. The molecule has 4 heteroatoms. The summed E-state index contributed by atoms with van der Waals surface area (Å²) in [5, 5.41) is 2.23. The molecule has 0 aliphatic heterocycles. The van der Waals surface area contributed by atoms with Gasteiger partial charge in [-0.1, -0.05) is 117 Å². The number of Topliss-reactive ketones (excluding diaryl/α,β-unsaturated/α-hetero) is 2. The first-order valence-corrected chi connectivity index (χ1v) is 19.7. The van der Waals surface area contributed by atoms with Crippen LogP contribution < -0.4 is 0 Å². The van der Waals surface area contributed by atoms with Gasteiger partial charge in [-0.3, -0.25) is 9.59 Å². The first-order valence-electron chi connectivity index (χ1n) is 19.7. The van der Waals surface area contributed by atoms with E-state index < -0.39 is 0 Å². The zero-order chi connectivity index (χ0) is 33.9. The lowest BCUT2D eigenvalue weighted by molar-refractivity contribution is -0.870. The predicted molar refractivity (Wildman–Crippen MR) is 204 cm³/mol. The van der Waals surface area contributed by atoms with Crippen molar-refractivity contribution >= 4 is 33.4 Å². The maximum absolute atomic E-state index is 13.3. The second kappa shape index (κ2) is 21.5. The zero-order valence-corrected chi connectivity index (χ0v) is 31.1. The maximum atomic E-state index is 13.3. The molecule has 4 nitrogen and oxygen atoms in total. The van der Waals surface area contributed by atoms with E-state index in [1.165, 1.54) is 101 Å². The van der Waals surface area contributed by atoms with Gasteiger partial charge in [-0.25, -0.2) is 0 Å². The Labute approximate surface area is 288 Å². The van der Waals surface area contributed by atoms with Crippen molar-refractivity contribution in [2.45, 2.75) is 162 Å². The van der Waals surface area contributed by atoms with Gasteiger partial charge in [0.25, 0.3) is 0 Å². The highest BCUT2D eigenvalue weighted by Gasteiger charge is 2.17. The SMILES string of the molecule is CCCCCCCCCCCC(=O)c1ccc2c(c1)c1cc(C(=O)CCCCCCCCCCC)ccc1n2CCCC[N+](C)(C)C. The van der Waals surface area contributed by atoms with Crippen LogP contribution in [0, 0.1) is 0 Å². The fourth-order valence-corrected chi connectivity index (χ4v) is 7.03. The third-order valence-electron chi connectivity index (χ3n) is 9.98. The number of fused-ring (bicyclic) bond motifs is 3. The molecule has 0 atom stereocenters. The highest BCUT2D eigenvalue weighted by Crippen LogP contribution is 2.32. The van der Waals surface area contributed by atoms with Crippen LogP contribution in [0.15, 0.2) is 36.4 Å². The summed E-state index contributed by atoms with van der Waals surface area (Å²) in [4.78, 5) is 26.6. The number of unbranched alkanes of at least 4 members (excludes halogenated alkanes) is 17. The smallest absolute Gasteiger partial charge is 0.162 e. The van der Waals surface area contributed by atoms with E-state index in [4.69, 9.17) is 0 Å². The summed E-state index contributed by atoms with van der Waals surface area (Å²) in [6.45, 7) is 6.61. The summed E-state index contributed by atoms with van der Waals surface area (Å²) in [5.41, 5.74) is 3.97. The first-order chi connectivity index (χ1) is 22.7. The topological polar surface area (TPSA) is 39.1 Å². The molecule has 3 aromatic rings. The number of nitrogens with zero attached hydrogens (tertiary/aromatic N) is 2. The van der Waals surface area contributed by atoms with E-state index in [0.29, 0.717) is 12.8 Å². The number of hydrogen-bond donors (Lipinski definition) is 0. The van der Waals surface area contributed by atoms with E-state index in [0.717, 1.165) is 78.0 Å². The molecule has 47 heavy (non-hydrogen) atoms. The van der Waals surface area contributed by atoms with Crippen LogP contribution in [0.5, 0.6) is 0 Å². The molecule has 1 heterocycles. The van der Waals surface area contributed by atoms with Crippen LogP contribution >= 0.6 is 0 Å². The Morgan fingerprint density at radius 3 is 1.28 bits per heavy atom. The van der Waals surface area contributed by atoms with Gasteiger partial charge in [0, 0.05) is 52.3 Å². The fraction of sp³-hybridized carbons (Fsp3) is 0.674. The molecule has 0 unspecified atom stereocenters. The zero-order valence-electron chi connectivity index (χ0n) is 31.1. The lowest BCUT2D eigenvalue weighted by Gasteiger charge is -2.23. The van der Waals surface area contributed by atoms with Gasteiger partial charge < -0.3 is 9.05 Å². The number of rotatable bonds is 27. The molecule has 0 amide bonds. The summed E-state index contributed by atoms with van der Waals surface area (Å²) >= 11 is 0. The highest BCUT2D eigenvalue weighted by molar-refractivity contribution is 6.13. The molecule has 0 bridgehead atoms. The van der Waals surface area contributed by atoms with Gasteiger partial charge in [0.2, 0.25) is 0 Å². The summed E-state index contributed by atoms with van der Waals surface area (Å²) in [7, 11) is 6.75. The van der Waals surface area contributed by atoms with E-state index in [2.05, 4.69) is 63.8 Å². The number of aryl methyl sites for hydroxylation is 1. The molecule has 0 radical (unpaired) electrons. The van der Waals surface area contributed by atoms with E-state index >= 15 is 0 Å². The van der Waals surface area contributed by atoms with E-state index in [-0.39, 0.29) is 11.6 Å². The minimum Gasteiger partial charge on any atom is -0.340 e. The van der Waals surface area contributed by atoms with Crippen molar-refractivity contribution in [3.63, 3.8) is 0 Å². The van der Waals surface area contributed by atoms with Crippen LogP contribution in [-0.4, -0.2) is 48.3 Å². The molecule has 0 saturated carbocycles. The summed E-state index contributed by atoms with van der Waals surface area (Å²) < 4.78 is 3.39. The molecular formula is C43H69N2O2+. The normalized spacial score (nSPS) is 12.0. The largest absolute Gasteiger partial charge is 0.340 e. The Morgan fingerprint density at radius 1 is 0.511 bits per heavy atom. The average Bonchev–Trinajstić information content (AvgIpc) is 3.36. The average molecular weight is 646 g/mol. The van der Waals surface area contributed by atoms with E-state index in [1.54, 1.807) is 0 Å². The van der Waals surface area contributed by atoms with Crippen LogP contribution in [-0.2, 0) is 6.54 Å². The number of ketones is 2. The van der Waals surface area contributed by atoms with Crippen LogP contribution in [0.1, 0.15) is 176 Å². The van der Waals surface area contributed by atoms with Crippen LogP contribution in [0.3, 0.4) is 0 Å². The second-order valence-electron chi connectivity index (χ2n) is 15.3. The Hall–Kier alpha value is -2.46. The van der Waals surface area contributed by atoms with Crippen molar-refractivity contribution in [2.75, 3.05) is 27.7 Å². The van der Waals surface area contributed by atoms with E-state index in [9.17, 15) is 9.59 Å². The van der Waals surface area contributed by atoms with Gasteiger partial charge in [0.05, 0.1) is 27.7 Å². The lowest BCUT2D eigenvalue weighted by Crippen LogP contribution is -2.35. The third kappa shape index (κ3) is 13.9. The maximum Gasteiger partial charge on any atom is 0.162 e. The molecule has 0 aliphatic carbocycles. The molecule has 2 aromatic carbocycles. The predicted octanol–water partition coefficient (Wildman–Crippen LogP) is 12.5. The molecule has 0 aliphatic rings. The number of aromatic nitrogens is 1. The molecule has 262 valence electrons. The minimum atomic E-state index is 0.247. The number of carbonyl (C=O) groups excluding carboxylic acids is 2. The monoisotopic (exact) mass is 646 g/mol. The molecule has 0 fully saturated rings. The van der Waals surface area contributed by atoms with Crippen LogP contribution in [0.4, 0.5) is 0 Å². The molecular weight excluding hydrogens is 576 g/mol. The second-order valence-corrected chi connectivity index (χ2v) is 15.3. The van der Waals surface area contributed by atoms with Crippen LogP contribution in [0.25, 0.3) is 21.8 Å². The van der Waals surface area contributed by atoms with Gasteiger partial charge >= 0.3 is 0 Å². The van der Waals surface area contributed by atoms with Crippen molar-refractivity contribution in [3.05, 3.63) is 47.5 Å². The van der Waals surface area contributed by atoms with Crippen molar-refractivity contribution in [2.24, 2.45) is 0 Å². The van der Waals surface area contributed by atoms with Gasteiger partial charge in [0.15, 0.2) is 11.6 Å². The standard InChI is InChI=1S/C43H69N2O2/c1-6-8-10-12-14-16-18-20-22-26-42(46)36-28-30-40-38(34-36)39-35-37(43(47)27-23-21-19-17-15-13-11-9-7-2)29-31-41(39)44(40)32-24-25-33-45(3,4)5/h28-31,34-35H,6-27,32-33H2,1-5H3/q+1. The molecule has 0 spiro atoms. The van der Waals surface area contributed by atoms with Gasteiger partial charge in [-0.05, 0) is 62.1 Å². The van der Waals surface area contributed by atoms with Gasteiger partial charge in [-0.2, -0.15) is 0 Å². The van der Waals surface area contributed by atoms with E-state index in [1.807, 2.05) is 12.1 Å². The highest BCUT2D eigenvalue weighted by atomic mass is 16.1. The molecule has 3 rings (SSSR count). The number of benzene rings is 2. The van der Waals surface area contributed by atoms with Crippen LogP contribution in [0.2, 0.25) is 0 Å². The minimum absolute atomic E-state index is 0.247. The molecule has 0 N–H and O–H groups in total. The van der Waals surface area contributed by atoms with Crippen molar-refractivity contribution in [1.82, 2.24) is 4.57 Å². The third-order valence-corrected chi connectivity index (χ3v) is 9.98. The molecule has 1 aromatic heterocycles. The quantitative estimate of drug-likeness (QED) is 0.0470. The van der Waals surface area contributed by atoms with Crippen molar-refractivity contribution < 1.29 is 14.1 Å². The first kappa shape index (κ1) is 39.0. The van der Waals surface area contributed by atoms with Crippen molar-refractivity contribution in [3.8, 4) is 0 Å². The Kier molecular flexibility index (Phi) is 17.8. The summed E-state index contributed by atoms with van der Waals surface area (Å²) in [5.74, 6) is 0.493.